The average molecular weight is 380 g/mol. The normalized spacial score (nSPS) is 10.2. The first kappa shape index (κ1) is 18.8. The Hall–Kier alpha value is -2.58. The summed E-state index contributed by atoms with van der Waals surface area (Å²) in [5, 5.41) is 16.2. The summed E-state index contributed by atoms with van der Waals surface area (Å²) >= 11 is 7.23. The monoisotopic (exact) mass is 379 g/mol. The molecular formula is C16H14ClN3O4S. The molecule has 0 aromatic heterocycles. The molecule has 25 heavy (non-hydrogen) atoms. The molecule has 2 aromatic carbocycles. The molecule has 2 N–H and O–H groups in total. The fraction of sp³-hybridized carbons (Fsp3) is 0.125. The number of nitrogens with zero attached hydrogens (tertiary/aromatic N) is 1. The van der Waals surface area contributed by atoms with E-state index in [4.69, 9.17) is 11.6 Å². The molecule has 0 aliphatic heterocycles. The smallest absolute Gasteiger partial charge is 0.271 e. The van der Waals surface area contributed by atoms with Gasteiger partial charge >= 0.3 is 0 Å². The van der Waals surface area contributed by atoms with Gasteiger partial charge in [-0.2, -0.15) is 0 Å². The van der Waals surface area contributed by atoms with Gasteiger partial charge in [0.2, 0.25) is 11.8 Å². The van der Waals surface area contributed by atoms with Crippen LogP contribution < -0.4 is 10.6 Å². The van der Waals surface area contributed by atoms with Crippen molar-refractivity contribution in [1.82, 2.24) is 0 Å². The Bertz CT molecular complexity index is 812. The molecule has 0 unspecified atom stereocenters. The summed E-state index contributed by atoms with van der Waals surface area (Å²) in [4.78, 5) is 34.0. The number of carbonyl (C=O) groups is 2. The first-order valence-electron chi connectivity index (χ1n) is 7.09. The highest BCUT2D eigenvalue weighted by molar-refractivity contribution is 8.00. The number of carbonyl (C=O) groups excluding carboxylic acids is 2. The van der Waals surface area contributed by atoms with Gasteiger partial charge in [0, 0.05) is 29.6 Å². The van der Waals surface area contributed by atoms with Gasteiger partial charge in [-0.15, -0.1) is 11.8 Å². The number of thioether (sulfide) groups is 1. The van der Waals surface area contributed by atoms with Crippen molar-refractivity contribution in [2.24, 2.45) is 0 Å². The number of nitro benzene ring substituents is 1. The minimum absolute atomic E-state index is 0.110. The van der Waals surface area contributed by atoms with E-state index in [9.17, 15) is 19.7 Å². The van der Waals surface area contributed by atoms with Crippen LogP contribution in [0.1, 0.15) is 6.92 Å². The van der Waals surface area contributed by atoms with Crippen molar-refractivity contribution in [3.8, 4) is 0 Å². The van der Waals surface area contributed by atoms with E-state index >= 15 is 0 Å². The van der Waals surface area contributed by atoms with Gasteiger partial charge in [-0.05, 0) is 30.3 Å². The fourth-order valence-corrected chi connectivity index (χ4v) is 2.76. The Morgan fingerprint density at radius 3 is 2.44 bits per heavy atom. The van der Waals surface area contributed by atoms with Crippen molar-refractivity contribution in [3.05, 3.63) is 57.6 Å². The lowest BCUT2D eigenvalue weighted by Gasteiger charge is -2.07. The Labute approximate surface area is 152 Å². The predicted molar refractivity (Wildman–Crippen MR) is 98.2 cm³/mol. The standard InChI is InChI=1S/C16H14ClN3O4S/c1-10(21)18-11-2-5-13(6-3-11)25-9-16(22)19-15-8-12(20(23)24)4-7-14(15)17/h2-8H,9H2,1H3,(H,18,21)(H,19,22). The van der Waals surface area contributed by atoms with Crippen molar-refractivity contribution in [1.29, 1.82) is 0 Å². The second kappa shape index (κ2) is 8.50. The fourth-order valence-electron chi connectivity index (χ4n) is 1.90. The molecule has 9 heteroatoms. The molecule has 130 valence electrons. The molecule has 0 saturated carbocycles. The molecule has 0 heterocycles. The van der Waals surface area contributed by atoms with Crippen molar-refractivity contribution in [2.45, 2.75) is 11.8 Å². The van der Waals surface area contributed by atoms with Gasteiger partial charge in [0.15, 0.2) is 0 Å². The number of hydrogen-bond acceptors (Lipinski definition) is 5. The quantitative estimate of drug-likeness (QED) is 0.449. The summed E-state index contributed by atoms with van der Waals surface area (Å²) in [7, 11) is 0. The van der Waals surface area contributed by atoms with E-state index in [0.29, 0.717) is 5.69 Å². The van der Waals surface area contributed by atoms with E-state index in [-0.39, 0.29) is 34.0 Å². The van der Waals surface area contributed by atoms with Crippen LogP contribution in [0.15, 0.2) is 47.4 Å². The lowest BCUT2D eigenvalue weighted by atomic mass is 10.3. The van der Waals surface area contributed by atoms with Gasteiger partial charge in [-0.25, -0.2) is 0 Å². The van der Waals surface area contributed by atoms with Crippen LogP contribution >= 0.6 is 23.4 Å². The SMILES string of the molecule is CC(=O)Nc1ccc(SCC(=O)Nc2cc([N+](=O)[O-])ccc2Cl)cc1. The minimum atomic E-state index is -0.558. The summed E-state index contributed by atoms with van der Waals surface area (Å²) in [5.41, 5.74) is 0.716. The summed E-state index contributed by atoms with van der Waals surface area (Å²) in [6.45, 7) is 1.42. The van der Waals surface area contributed by atoms with Crippen molar-refractivity contribution in [2.75, 3.05) is 16.4 Å². The van der Waals surface area contributed by atoms with Crippen molar-refractivity contribution < 1.29 is 14.5 Å². The minimum Gasteiger partial charge on any atom is -0.326 e. The van der Waals surface area contributed by atoms with E-state index in [1.807, 2.05) is 0 Å². The third-order valence-corrected chi connectivity index (χ3v) is 4.32. The number of anilines is 2. The highest BCUT2D eigenvalue weighted by atomic mass is 35.5. The molecule has 0 bridgehead atoms. The van der Waals surface area contributed by atoms with Gasteiger partial charge in [0.25, 0.3) is 5.69 Å². The lowest BCUT2D eigenvalue weighted by Crippen LogP contribution is -2.14. The van der Waals surface area contributed by atoms with Crippen LogP contribution in [0.25, 0.3) is 0 Å². The summed E-state index contributed by atoms with van der Waals surface area (Å²) in [6.07, 6.45) is 0. The lowest BCUT2D eigenvalue weighted by molar-refractivity contribution is -0.384. The molecule has 0 radical (unpaired) electrons. The van der Waals surface area contributed by atoms with Gasteiger partial charge in [-0.3, -0.25) is 19.7 Å². The number of non-ortho nitro benzene ring substituents is 1. The first-order chi connectivity index (χ1) is 11.8. The zero-order chi connectivity index (χ0) is 18.4. The summed E-state index contributed by atoms with van der Waals surface area (Å²) < 4.78 is 0. The Morgan fingerprint density at radius 1 is 1.16 bits per heavy atom. The number of amides is 2. The summed E-state index contributed by atoms with van der Waals surface area (Å²) in [6, 6.07) is 10.9. The maximum Gasteiger partial charge on any atom is 0.271 e. The first-order valence-corrected chi connectivity index (χ1v) is 8.46. The second-order valence-corrected chi connectivity index (χ2v) is 6.42. The Balaban J connectivity index is 1.93. The molecule has 0 saturated heterocycles. The maximum absolute atomic E-state index is 12.0. The molecule has 0 aliphatic carbocycles. The van der Waals surface area contributed by atoms with E-state index in [0.717, 1.165) is 4.90 Å². The largest absolute Gasteiger partial charge is 0.326 e. The van der Waals surface area contributed by atoms with Crippen LogP contribution in [-0.2, 0) is 9.59 Å². The molecule has 0 spiro atoms. The van der Waals surface area contributed by atoms with Crippen LogP contribution in [0.3, 0.4) is 0 Å². The van der Waals surface area contributed by atoms with E-state index in [2.05, 4.69) is 10.6 Å². The van der Waals surface area contributed by atoms with Gasteiger partial charge in [0.1, 0.15) is 0 Å². The highest BCUT2D eigenvalue weighted by Gasteiger charge is 2.12. The third-order valence-electron chi connectivity index (χ3n) is 2.98. The van der Waals surface area contributed by atoms with Crippen molar-refractivity contribution >= 4 is 52.2 Å². The number of halogens is 1. The van der Waals surface area contributed by atoms with Gasteiger partial charge < -0.3 is 10.6 Å². The van der Waals surface area contributed by atoms with Crippen LogP contribution in [0.2, 0.25) is 5.02 Å². The van der Waals surface area contributed by atoms with Crippen molar-refractivity contribution in [3.63, 3.8) is 0 Å². The number of hydrogen-bond donors (Lipinski definition) is 2. The van der Waals surface area contributed by atoms with E-state index < -0.39 is 4.92 Å². The molecule has 2 amide bonds. The van der Waals surface area contributed by atoms with Gasteiger partial charge in [0.05, 0.1) is 21.4 Å². The number of rotatable bonds is 6. The van der Waals surface area contributed by atoms with Crippen LogP contribution in [0.5, 0.6) is 0 Å². The van der Waals surface area contributed by atoms with Crippen LogP contribution in [0, 0.1) is 10.1 Å². The number of nitrogens with one attached hydrogen (secondary N) is 2. The number of nitro groups is 1. The number of benzene rings is 2. The molecular weight excluding hydrogens is 366 g/mol. The zero-order valence-electron chi connectivity index (χ0n) is 13.1. The van der Waals surface area contributed by atoms with E-state index in [1.165, 1.54) is 36.9 Å². The van der Waals surface area contributed by atoms with E-state index in [1.54, 1.807) is 24.3 Å². The summed E-state index contributed by atoms with van der Waals surface area (Å²) in [5.74, 6) is -0.384. The molecule has 0 fully saturated rings. The second-order valence-electron chi connectivity index (χ2n) is 4.96. The molecule has 7 nitrogen and oxygen atoms in total. The molecule has 2 aromatic rings. The Morgan fingerprint density at radius 2 is 1.84 bits per heavy atom. The highest BCUT2D eigenvalue weighted by Crippen LogP contribution is 2.27. The zero-order valence-corrected chi connectivity index (χ0v) is 14.7. The average Bonchev–Trinajstić information content (AvgIpc) is 2.55. The topological polar surface area (TPSA) is 101 Å². The van der Waals surface area contributed by atoms with Gasteiger partial charge in [-0.1, -0.05) is 11.6 Å². The maximum atomic E-state index is 12.0. The molecule has 0 aliphatic rings. The molecule has 0 atom stereocenters. The Kier molecular flexibility index (Phi) is 6.37. The third kappa shape index (κ3) is 5.77. The molecule has 2 rings (SSSR count). The predicted octanol–water partition coefficient (Wildman–Crippen LogP) is 3.94. The van der Waals surface area contributed by atoms with Crippen LogP contribution in [0.4, 0.5) is 17.1 Å². The van der Waals surface area contributed by atoms with Crippen LogP contribution in [-0.4, -0.2) is 22.5 Å².